The van der Waals surface area contributed by atoms with E-state index in [4.69, 9.17) is 0 Å². The van der Waals surface area contributed by atoms with Gasteiger partial charge in [0, 0.05) is 23.5 Å². The lowest BCUT2D eigenvalue weighted by atomic mass is 10.1. The summed E-state index contributed by atoms with van der Waals surface area (Å²) in [4.78, 5) is 11.8. The van der Waals surface area contributed by atoms with Gasteiger partial charge in [-0.25, -0.2) is 0 Å². The monoisotopic (exact) mass is 237 g/mol. The van der Waals surface area contributed by atoms with Crippen LogP contribution in [0.5, 0.6) is 0 Å². The fourth-order valence-electron chi connectivity index (χ4n) is 1.65. The highest BCUT2D eigenvalue weighted by Gasteiger charge is 1.98. The van der Waals surface area contributed by atoms with E-state index in [0.29, 0.717) is 5.56 Å². The van der Waals surface area contributed by atoms with E-state index in [2.05, 4.69) is 5.32 Å². The third kappa shape index (κ3) is 3.32. The van der Waals surface area contributed by atoms with Gasteiger partial charge in [-0.3, -0.25) is 4.79 Å². The van der Waals surface area contributed by atoms with Gasteiger partial charge in [0.1, 0.15) is 0 Å². The molecule has 2 nitrogen and oxygen atoms in total. The maximum atomic E-state index is 11.8. The summed E-state index contributed by atoms with van der Waals surface area (Å²) in [6, 6.07) is 17.2. The van der Waals surface area contributed by atoms with Gasteiger partial charge in [0.25, 0.3) is 0 Å². The quantitative estimate of drug-likeness (QED) is 0.647. The molecule has 0 fully saturated rings. The summed E-state index contributed by atoms with van der Waals surface area (Å²) in [5.41, 5.74) is 2.86. The number of hydrogen-bond acceptors (Lipinski definition) is 2. The molecule has 0 bridgehead atoms. The van der Waals surface area contributed by atoms with Crippen molar-refractivity contribution in [2.45, 2.75) is 6.92 Å². The molecule has 0 aliphatic rings. The summed E-state index contributed by atoms with van der Waals surface area (Å²) in [6.45, 7) is 2.03. The fraction of sp³-hybridized carbons (Fsp3) is 0.0625. The van der Waals surface area contributed by atoms with Crippen LogP contribution >= 0.6 is 0 Å². The summed E-state index contributed by atoms with van der Waals surface area (Å²) in [5.74, 6) is -0.00393. The topological polar surface area (TPSA) is 29.1 Å². The van der Waals surface area contributed by atoms with Crippen molar-refractivity contribution in [3.63, 3.8) is 0 Å². The first-order valence-electron chi connectivity index (χ1n) is 5.85. The molecule has 2 rings (SSSR count). The van der Waals surface area contributed by atoms with Crippen molar-refractivity contribution in [3.8, 4) is 0 Å². The molecule has 0 atom stereocenters. The third-order valence-electron chi connectivity index (χ3n) is 2.56. The standard InChI is InChI=1S/C16H15NO/c1-13-6-5-9-15(12-13)17-11-10-16(18)14-7-3-2-4-8-14/h2-12,17H,1H3/b11-10-. The lowest BCUT2D eigenvalue weighted by molar-refractivity contribution is 0.104. The van der Waals surface area contributed by atoms with E-state index >= 15 is 0 Å². The van der Waals surface area contributed by atoms with Gasteiger partial charge in [0.15, 0.2) is 5.78 Å². The molecule has 2 heteroatoms. The molecule has 2 aromatic carbocycles. The van der Waals surface area contributed by atoms with Gasteiger partial charge in [0.2, 0.25) is 0 Å². The van der Waals surface area contributed by atoms with Crippen LogP contribution in [0.15, 0.2) is 66.9 Å². The molecule has 0 amide bonds. The predicted molar refractivity (Wildman–Crippen MR) is 74.7 cm³/mol. The molecule has 1 N–H and O–H groups in total. The van der Waals surface area contributed by atoms with E-state index in [0.717, 1.165) is 5.69 Å². The summed E-state index contributed by atoms with van der Waals surface area (Å²) in [7, 11) is 0. The Bertz CT molecular complexity index is 558. The Kier molecular flexibility index (Phi) is 3.92. The Hall–Kier alpha value is -2.35. The highest BCUT2D eigenvalue weighted by atomic mass is 16.1. The van der Waals surface area contributed by atoms with Crippen LogP contribution in [0.2, 0.25) is 0 Å². The molecule has 90 valence electrons. The minimum absolute atomic E-state index is 0.00393. The van der Waals surface area contributed by atoms with Crippen LogP contribution in [0.4, 0.5) is 5.69 Å². The second-order valence-electron chi connectivity index (χ2n) is 4.08. The minimum Gasteiger partial charge on any atom is -0.362 e. The van der Waals surface area contributed by atoms with Crippen molar-refractivity contribution in [1.82, 2.24) is 0 Å². The number of hydrogen-bond donors (Lipinski definition) is 1. The largest absolute Gasteiger partial charge is 0.362 e. The highest BCUT2D eigenvalue weighted by Crippen LogP contribution is 2.09. The van der Waals surface area contributed by atoms with Crippen molar-refractivity contribution in [1.29, 1.82) is 0 Å². The normalized spacial score (nSPS) is 10.5. The molecule has 0 spiro atoms. The molecule has 0 aliphatic carbocycles. The van der Waals surface area contributed by atoms with Crippen LogP contribution in [0.3, 0.4) is 0 Å². The molecule has 0 saturated heterocycles. The van der Waals surface area contributed by atoms with Crippen molar-refractivity contribution < 1.29 is 4.79 Å². The van der Waals surface area contributed by atoms with Gasteiger partial charge in [-0.05, 0) is 24.6 Å². The molecule has 0 aromatic heterocycles. The number of ketones is 1. The number of carbonyl (C=O) groups is 1. The molecular weight excluding hydrogens is 222 g/mol. The summed E-state index contributed by atoms with van der Waals surface area (Å²) < 4.78 is 0. The zero-order valence-corrected chi connectivity index (χ0v) is 10.3. The lowest BCUT2D eigenvalue weighted by Gasteiger charge is -2.01. The lowest BCUT2D eigenvalue weighted by Crippen LogP contribution is -1.95. The molecule has 0 heterocycles. The van der Waals surface area contributed by atoms with Gasteiger partial charge in [0.05, 0.1) is 0 Å². The Morgan fingerprint density at radius 1 is 1.06 bits per heavy atom. The van der Waals surface area contributed by atoms with E-state index in [9.17, 15) is 4.79 Å². The summed E-state index contributed by atoms with van der Waals surface area (Å²) in [5, 5.41) is 3.08. The van der Waals surface area contributed by atoms with Crippen LogP contribution in [0.1, 0.15) is 15.9 Å². The smallest absolute Gasteiger partial charge is 0.187 e. The maximum absolute atomic E-state index is 11.8. The SMILES string of the molecule is Cc1cccc(N/C=C\C(=O)c2ccccc2)c1. The first-order valence-corrected chi connectivity index (χ1v) is 5.85. The van der Waals surface area contributed by atoms with Crippen molar-refractivity contribution in [2.75, 3.05) is 5.32 Å². The Labute approximate surface area is 107 Å². The predicted octanol–water partition coefficient (Wildman–Crippen LogP) is 3.80. The Morgan fingerprint density at radius 2 is 1.83 bits per heavy atom. The van der Waals surface area contributed by atoms with E-state index in [1.165, 1.54) is 11.6 Å². The second-order valence-corrected chi connectivity index (χ2v) is 4.08. The van der Waals surface area contributed by atoms with Crippen LogP contribution in [0.25, 0.3) is 0 Å². The Morgan fingerprint density at radius 3 is 2.56 bits per heavy atom. The van der Waals surface area contributed by atoms with Crippen LogP contribution in [-0.4, -0.2) is 5.78 Å². The van der Waals surface area contributed by atoms with Gasteiger partial charge < -0.3 is 5.32 Å². The molecular formula is C16H15NO. The number of nitrogens with one attached hydrogen (secondary N) is 1. The van der Waals surface area contributed by atoms with E-state index < -0.39 is 0 Å². The highest BCUT2D eigenvalue weighted by molar-refractivity contribution is 6.04. The van der Waals surface area contributed by atoms with E-state index in [-0.39, 0.29) is 5.78 Å². The number of benzene rings is 2. The second kappa shape index (κ2) is 5.82. The van der Waals surface area contributed by atoms with Crippen LogP contribution in [0, 0.1) is 6.92 Å². The first kappa shape index (κ1) is 12.1. The van der Waals surface area contributed by atoms with Crippen LogP contribution < -0.4 is 5.32 Å². The van der Waals surface area contributed by atoms with Crippen molar-refractivity contribution in [2.24, 2.45) is 0 Å². The van der Waals surface area contributed by atoms with Crippen molar-refractivity contribution in [3.05, 3.63) is 78.0 Å². The zero-order chi connectivity index (χ0) is 12.8. The van der Waals surface area contributed by atoms with Gasteiger partial charge in [-0.15, -0.1) is 0 Å². The number of carbonyl (C=O) groups excluding carboxylic acids is 1. The summed E-state index contributed by atoms with van der Waals surface area (Å²) in [6.07, 6.45) is 3.21. The molecule has 0 saturated carbocycles. The minimum atomic E-state index is -0.00393. The van der Waals surface area contributed by atoms with E-state index in [1.807, 2.05) is 49.4 Å². The van der Waals surface area contributed by atoms with Gasteiger partial charge in [-0.2, -0.15) is 0 Å². The molecule has 0 aliphatic heterocycles. The third-order valence-corrected chi connectivity index (χ3v) is 2.56. The molecule has 0 unspecified atom stereocenters. The molecule has 0 radical (unpaired) electrons. The average molecular weight is 237 g/mol. The fourth-order valence-corrected chi connectivity index (χ4v) is 1.65. The molecule has 18 heavy (non-hydrogen) atoms. The maximum Gasteiger partial charge on any atom is 0.187 e. The van der Waals surface area contributed by atoms with E-state index in [1.54, 1.807) is 18.3 Å². The van der Waals surface area contributed by atoms with Crippen LogP contribution in [-0.2, 0) is 0 Å². The number of allylic oxidation sites excluding steroid dienone is 1. The summed E-state index contributed by atoms with van der Waals surface area (Å²) >= 11 is 0. The number of anilines is 1. The number of rotatable bonds is 4. The average Bonchev–Trinajstić information content (AvgIpc) is 2.40. The van der Waals surface area contributed by atoms with Gasteiger partial charge >= 0.3 is 0 Å². The van der Waals surface area contributed by atoms with Gasteiger partial charge in [-0.1, -0.05) is 42.5 Å². The van der Waals surface area contributed by atoms with Crippen molar-refractivity contribution >= 4 is 11.5 Å². The Balaban J connectivity index is 1.98. The number of aryl methyl sites for hydroxylation is 1. The zero-order valence-electron chi connectivity index (χ0n) is 10.3. The first-order chi connectivity index (χ1) is 8.75. The molecule has 2 aromatic rings.